The SMILES string of the molecule is CCc1c(C(=O)NCC(C)CN2CCCC2)cnn1-c1cccc(Cl)c1. The fourth-order valence-electron chi connectivity index (χ4n) is 3.57. The molecule has 1 aromatic heterocycles. The number of halogens is 1. The second kappa shape index (κ2) is 8.69. The zero-order valence-corrected chi connectivity index (χ0v) is 16.3. The van der Waals surface area contributed by atoms with Gasteiger partial charge >= 0.3 is 0 Å². The first kappa shape index (κ1) is 18.9. The van der Waals surface area contributed by atoms with Crippen molar-refractivity contribution in [1.29, 1.82) is 0 Å². The van der Waals surface area contributed by atoms with Crippen LogP contribution in [0.4, 0.5) is 0 Å². The van der Waals surface area contributed by atoms with E-state index in [1.807, 2.05) is 31.2 Å². The van der Waals surface area contributed by atoms with Gasteiger partial charge in [-0.3, -0.25) is 4.79 Å². The van der Waals surface area contributed by atoms with E-state index in [2.05, 4.69) is 22.2 Å². The van der Waals surface area contributed by atoms with Crippen molar-refractivity contribution >= 4 is 17.5 Å². The van der Waals surface area contributed by atoms with Crippen LogP contribution < -0.4 is 5.32 Å². The molecule has 1 aliphatic heterocycles. The molecule has 5 nitrogen and oxygen atoms in total. The van der Waals surface area contributed by atoms with Crippen LogP contribution in [0.5, 0.6) is 0 Å². The minimum atomic E-state index is -0.0524. The molecule has 1 atom stereocenters. The van der Waals surface area contributed by atoms with E-state index in [1.54, 1.807) is 10.9 Å². The molecule has 1 saturated heterocycles. The molecular weight excluding hydrogens is 348 g/mol. The van der Waals surface area contributed by atoms with Gasteiger partial charge in [-0.05, 0) is 56.5 Å². The number of hydrogen-bond acceptors (Lipinski definition) is 3. The van der Waals surface area contributed by atoms with Gasteiger partial charge in [0.25, 0.3) is 5.91 Å². The lowest BCUT2D eigenvalue weighted by molar-refractivity contribution is 0.0944. The van der Waals surface area contributed by atoms with Crippen molar-refractivity contribution < 1.29 is 4.79 Å². The molecule has 0 aliphatic carbocycles. The molecule has 1 amide bonds. The second-order valence-electron chi connectivity index (χ2n) is 7.07. The van der Waals surface area contributed by atoms with Crippen LogP contribution in [0, 0.1) is 5.92 Å². The summed E-state index contributed by atoms with van der Waals surface area (Å²) in [5.41, 5.74) is 2.41. The normalized spacial score (nSPS) is 16.0. The van der Waals surface area contributed by atoms with Crippen LogP contribution >= 0.6 is 11.6 Å². The predicted molar refractivity (Wildman–Crippen MR) is 105 cm³/mol. The molecule has 1 N–H and O–H groups in total. The maximum Gasteiger partial charge on any atom is 0.254 e. The zero-order chi connectivity index (χ0) is 18.5. The maximum absolute atomic E-state index is 12.7. The molecule has 0 bridgehead atoms. The number of carbonyl (C=O) groups is 1. The minimum absolute atomic E-state index is 0.0524. The largest absolute Gasteiger partial charge is 0.352 e. The number of nitrogens with one attached hydrogen (secondary N) is 1. The molecule has 1 aliphatic rings. The number of nitrogens with zero attached hydrogens (tertiary/aromatic N) is 3. The number of likely N-dealkylation sites (tertiary alicyclic amines) is 1. The zero-order valence-electron chi connectivity index (χ0n) is 15.5. The third-order valence-corrected chi connectivity index (χ3v) is 5.12. The van der Waals surface area contributed by atoms with E-state index in [0.717, 1.165) is 24.3 Å². The van der Waals surface area contributed by atoms with Crippen molar-refractivity contribution in [2.45, 2.75) is 33.1 Å². The fourth-order valence-corrected chi connectivity index (χ4v) is 3.75. The highest BCUT2D eigenvalue weighted by Crippen LogP contribution is 2.19. The fraction of sp³-hybridized carbons (Fsp3) is 0.500. The molecule has 3 rings (SSSR count). The molecule has 140 valence electrons. The van der Waals surface area contributed by atoms with Crippen molar-refractivity contribution in [3.8, 4) is 5.69 Å². The molecular formula is C20H27ClN4O. The molecule has 1 fully saturated rings. The third-order valence-electron chi connectivity index (χ3n) is 4.88. The van der Waals surface area contributed by atoms with Crippen molar-refractivity contribution in [3.63, 3.8) is 0 Å². The Labute approximate surface area is 160 Å². The van der Waals surface area contributed by atoms with Crippen molar-refractivity contribution in [3.05, 3.63) is 46.7 Å². The van der Waals surface area contributed by atoms with Crippen LogP contribution in [0.1, 0.15) is 42.7 Å². The Morgan fingerprint density at radius 3 is 2.81 bits per heavy atom. The first-order valence-electron chi connectivity index (χ1n) is 9.42. The summed E-state index contributed by atoms with van der Waals surface area (Å²) in [5, 5.41) is 8.15. The van der Waals surface area contributed by atoms with Gasteiger partial charge in [-0.15, -0.1) is 0 Å². The summed E-state index contributed by atoms with van der Waals surface area (Å²) >= 11 is 6.09. The van der Waals surface area contributed by atoms with Gasteiger partial charge in [-0.2, -0.15) is 5.10 Å². The molecule has 0 saturated carbocycles. The van der Waals surface area contributed by atoms with E-state index in [-0.39, 0.29) is 5.91 Å². The summed E-state index contributed by atoms with van der Waals surface area (Å²) in [4.78, 5) is 15.2. The average Bonchev–Trinajstić information content (AvgIpc) is 3.28. The second-order valence-corrected chi connectivity index (χ2v) is 7.51. The molecule has 2 aromatic rings. The quantitative estimate of drug-likeness (QED) is 0.806. The summed E-state index contributed by atoms with van der Waals surface area (Å²) in [5.74, 6) is 0.383. The van der Waals surface area contributed by atoms with E-state index in [9.17, 15) is 4.79 Å². The van der Waals surface area contributed by atoms with E-state index >= 15 is 0 Å². The molecule has 2 heterocycles. The van der Waals surface area contributed by atoms with E-state index in [0.29, 0.717) is 23.0 Å². The first-order valence-corrected chi connectivity index (χ1v) is 9.79. The summed E-state index contributed by atoms with van der Waals surface area (Å²) in [7, 11) is 0. The van der Waals surface area contributed by atoms with Gasteiger partial charge in [0.05, 0.1) is 23.1 Å². The highest BCUT2D eigenvalue weighted by Gasteiger charge is 2.19. The van der Waals surface area contributed by atoms with Crippen molar-refractivity contribution in [2.75, 3.05) is 26.2 Å². The van der Waals surface area contributed by atoms with Crippen LogP contribution in [-0.4, -0.2) is 46.8 Å². The highest BCUT2D eigenvalue weighted by atomic mass is 35.5. The monoisotopic (exact) mass is 374 g/mol. The Morgan fingerprint density at radius 1 is 1.35 bits per heavy atom. The predicted octanol–water partition coefficient (Wildman–Crippen LogP) is 3.55. The number of rotatable bonds is 7. The van der Waals surface area contributed by atoms with Gasteiger partial charge in [0.1, 0.15) is 0 Å². The summed E-state index contributed by atoms with van der Waals surface area (Å²) in [6, 6.07) is 7.51. The number of carbonyl (C=O) groups excluding carboxylic acids is 1. The number of amides is 1. The van der Waals surface area contributed by atoms with E-state index < -0.39 is 0 Å². The highest BCUT2D eigenvalue weighted by molar-refractivity contribution is 6.30. The van der Waals surface area contributed by atoms with Gasteiger partial charge in [-0.1, -0.05) is 31.5 Å². The summed E-state index contributed by atoms with van der Waals surface area (Å²) in [6.07, 6.45) is 4.96. The smallest absolute Gasteiger partial charge is 0.254 e. The average molecular weight is 375 g/mol. The van der Waals surface area contributed by atoms with Crippen molar-refractivity contribution in [1.82, 2.24) is 20.0 Å². The molecule has 1 unspecified atom stereocenters. The van der Waals surface area contributed by atoms with Gasteiger partial charge in [0.15, 0.2) is 0 Å². The number of hydrogen-bond donors (Lipinski definition) is 1. The van der Waals surface area contributed by atoms with Crippen LogP contribution in [0.15, 0.2) is 30.5 Å². The Morgan fingerprint density at radius 2 is 2.12 bits per heavy atom. The lowest BCUT2D eigenvalue weighted by atomic mass is 10.1. The summed E-state index contributed by atoms with van der Waals surface area (Å²) in [6.45, 7) is 8.32. The van der Waals surface area contributed by atoms with Gasteiger partial charge < -0.3 is 10.2 Å². The molecule has 6 heteroatoms. The Kier molecular flexibility index (Phi) is 6.33. The molecule has 0 spiro atoms. The van der Waals surface area contributed by atoms with Gasteiger partial charge in [-0.25, -0.2) is 4.68 Å². The minimum Gasteiger partial charge on any atom is -0.352 e. The first-order chi connectivity index (χ1) is 12.6. The molecule has 26 heavy (non-hydrogen) atoms. The number of aromatic nitrogens is 2. The lowest BCUT2D eigenvalue weighted by Gasteiger charge is -2.20. The molecule has 0 radical (unpaired) electrons. The van der Waals surface area contributed by atoms with Crippen molar-refractivity contribution in [2.24, 2.45) is 5.92 Å². The third kappa shape index (κ3) is 4.46. The van der Waals surface area contributed by atoms with Crippen LogP contribution in [0.2, 0.25) is 5.02 Å². The van der Waals surface area contributed by atoms with Gasteiger partial charge in [0, 0.05) is 18.1 Å². The van der Waals surface area contributed by atoms with E-state index in [4.69, 9.17) is 11.6 Å². The van der Waals surface area contributed by atoms with Crippen LogP contribution in [0.3, 0.4) is 0 Å². The van der Waals surface area contributed by atoms with E-state index in [1.165, 1.54) is 25.9 Å². The maximum atomic E-state index is 12.7. The Balaban J connectivity index is 1.65. The molecule has 1 aromatic carbocycles. The van der Waals surface area contributed by atoms with Crippen LogP contribution in [-0.2, 0) is 6.42 Å². The standard InChI is InChI=1S/C20H27ClN4O/c1-3-19-18(13-23-25(19)17-8-6-7-16(21)11-17)20(26)22-12-15(2)14-24-9-4-5-10-24/h6-8,11,13,15H,3-5,9-10,12,14H2,1-2H3,(H,22,26). The lowest BCUT2D eigenvalue weighted by Crippen LogP contribution is -2.34. The Bertz CT molecular complexity index is 752. The van der Waals surface area contributed by atoms with Gasteiger partial charge in [0.2, 0.25) is 0 Å². The van der Waals surface area contributed by atoms with Crippen LogP contribution in [0.25, 0.3) is 5.69 Å². The summed E-state index contributed by atoms with van der Waals surface area (Å²) < 4.78 is 1.80. The Hall–Kier alpha value is -1.85. The number of benzene rings is 1. The topological polar surface area (TPSA) is 50.2 Å².